The minimum absolute atomic E-state index is 0.362. The summed E-state index contributed by atoms with van der Waals surface area (Å²) in [6.07, 6.45) is 6.29. The first-order valence-electron chi connectivity index (χ1n) is 6.11. The Bertz CT molecular complexity index is 453. The number of carbonyl (C=O) groups excluding carboxylic acids is 1. The van der Waals surface area contributed by atoms with Crippen LogP contribution in [0.5, 0.6) is 0 Å². The number of halogens is 1. The van der Waals surface area contributed by atoms with Gasteiger partial charge in [0.25, 0.3) is 0 Å². The molecule has 0 bridgehead atoms. The number of alkyl carbamates (subject to hydrolysis) is 1. The minimum Gasteiger partial charge on any atom is -0.444 e. The minimum atomic E-state index is -0.500. The first-order chi connectivity index (χ1) is 8.88. The van der Waals surface area contributed by atoms with E-state index >= 15 is 0 Å². The largest absolute Gasteiger partial charge is 0.444 e. The zero-order valence-electron chi connectivity index (χ0n) is 11.4. The summed E-state index contributed by atoms with van der Waals surface area (Å²) < 4.78 is 18.3. The Morgan fingerprint density at radius 3 is 2.89 bits per heavy atom. The molecule has 0 saturated heterocycles. The van der Waals surface area contributed by atoms with Crippen LogP contribution < -0.4 is 5.32 Å². The maximum Gasteiger partial charge on any atom is 0.407 e. The first kappa shape index (κ1) is 15.1. The first-order valence-corrected chi connectivity index (χ1v) is 6.11. The monoisotopic (exact) mass is 266 g/mol. The van der Waals surface area contributed by atoms with Gasteiger partial charge in [0.1, 0.15) is 11.4 Å². The molecule has 0 aliphatic rings. The number of pyridine rings is 1. The Balaban J connectivity index is 2.28. The number of hydrogen-bond donors (Lipinski definition) is 1. The van der Waals surface area contributed by atoms with Gasteiger partial charge >= 0.3 is 6.09 Å². The van der Waals surface area contributed by atoms with Crippen molar-refractivity contribution in [3.8, 4) is 0 Å². The van der Waals surface area contributed by atoms with Gasteiger partial charge in [0, 0.05) is 18.3 Å². The Hall–Kier alpha value is -1.91. The van der Waals surface area contributed by atoms with E-state index in [0.717, 1.165) is 0 Å². The van der Waals surface area contributed by atoms with E-state index in [4.69, 9.17) is 4.74 Å². The maximum atomic E-state index is 13.2. The molecule has 0 aromatic carbocycles. The van der Waals surface area contributed by atoms with Crippen molar-refractivity contribution in [1.29, 1.82) is 0 Å². The van der Waals surface area contributed by atoms with Gasteiger partial charge in [-0.2, -0.15) is 0 Å². The van der Waals surface area contributed by atoms with Crippen LogP contribution in [-0.2, 0) is 4.74 Å². The van der Waals surface area contributed by atoms with Crippen LogP contribution in [0.3, 0.4) is 0 Å². The molecule has 104 valence electrons. The van der Waals surface area contributed by atoms with Gasteiger partial charge < -0.3 is 10.1 Å². The summed E-state index contributed by atoms with van der Waals surface area (Å²) in [6, 6.07) is 1.59. The molecule has 1 heterocycles. The van der Waals surface area contributed by atoms with Crippen molar-refractivity contribution in [2.24, 2.45) is 0 Å². The average Bonchev–Trinajstić information content (AvgIpc) is 2.28. The molecule has 0 aliphatic carbocycles. The van der Waals surface area contributed by atoms with Gasteiger partial charge in [-0.25, -0.2) is 9.18 Å². The van der Waals surface area contributed by atoms with Gasteiger partial charge in [0.15, 0.2) is 0 Å². The summed E-state index contributed by atoms with van der Waals surface area (Å²) in [6.45, 7) is 5.86. The highest BCUT2D eigenvalue weighted by atomic mass is 19.1. The van der Waals surface area contributed by atoms with Crippen molar-refractivity contribution in [1.82, 2.24) is 10.3 Å². The van der Waals surface area contributed by atoms with Crippen molar-refractivity contribution in [2.75, 3.05) is 6.54 Å². The van der Waals surface area contributed by atoms with Crippen LogP contribution in [0.2, 0.25) is 0 Å². The van der Waals surface area contributed by atoms with E-state index in [9.17, 15) is 9.18 Å². The molecular formula is C14H19FN2O2. The SMILES string of the molecule is CC(C)(C)OC(=O)NCCC=Cc1ccncc1F. The third-order valence-electron chi connectivity index (χ3n) is 2.08. The fourth-order valence-electron chi connectivity index (χ4n) is 1.30. The van der Waals surface area contributed by atoms with Gasteiger partial charge in [0.2, 0.25) is 0 Å². The predicted octanol–water partition coefficient (Wildman–Crippen LogP) is 3.15. The van der Waals surface area contributed by atoms with Gasteiger partial charge in [-0.15, -0.1) is 0 Å². The number of hydrogen-bond acceptors (Lipinski definition) is 3. The van der Waals surface area contributed by atoms with Crippen molar-refractivity contribution in [3.05, 3.63) is 35.9 Å². The Morgan fingerprint density at radius 2 is 2.26 bits per heavy atom. The number of aromatic nitrogens is 1. The predicted molar refractivity (Wildman–Crippen MR) is 72.1 cm³/mol. The number of amides is 1. The smallest absolute Gasteiger partial charge is 0.407 e. The summed E-state index contributed by atoms with van der Waals surface area (Å²) in [5.74, 6) is -0.362. The molecule has 0 unspecified atom stereocenters. The molecular weight excluding hydrogens is 247 g/mol. The lowest BCUT2D eigenvalue weighted by Crippen LogP contribution is -2.32. The van der Waals surface area contributed by atoms with Gasteiger partial charge in [0.05, 0.1) is 6.20 Å². The number of nitrogens with one attached hydrogen (secondary N) is 1. The molecule has 0 aliphatic heterocycles. The van der Waals surface area contributed by atoms with Crippen LogP contribution in [0.25, 0.3) is 6.08 Å². The van der Waals surface area contributed by atoms with Crippen molar-refractivity contribution < 1.29 is 13.9 Å². The molecule has 0 fully saturated rings. The molecule has 1 N–H and O–H groups in total. The van der Waals surface area contributed by atoms with E-state index < -0.39 is 11.7 Å². The van der Waals surface area contributed by atoms with Crippen LogP contribution >= 0.6 is 0 Å². The molecule has 1 aromatic heterocycles. The van der Waals surface area contributed by atoms with Crippen molar-refractivity contribution >= 4 is 12.2 Å². The third-order valence-corrected chi connectivity index (χ3v) is 2.08. The molecule has 5 heteroatoms. The topological polar surface area (TPSA) is 51.2 Å². The second kappa shape index (κ2) is 6.87. The number of rotatable bonds is 4. The number of carbonyl (C=O) groups is 1. The molecule has 0 radical (unpaired) electrons. The molecule has 1 rings (SSSR count). The van der Waals surface area contributed by atoms with E-state index in [0.29, 0.717) is 18.5 Å². The Labute approximate surface area is 112 Å². The van der Waals surface area contributed by atoms with Crippen molar-refractivity contribution in [3.63, 3.8) is 0 Å². The standard InChI is InChI=1S/C14H19FN2O2/c1-14(2,3)19-13(18)17-8-5-4-6-11-7-9-16-10-12(11)15/h4,6-7,9-10H,5,8H2,1-3H3,(H,17,18). The van der Waals surface area contributed by atoms with E-state index in [1.54, 1.807) is 39.0 Å². The van der Waals surface area contributed by atoms with E-state index in [1.165, 1.54) is 12.4 Å². The van der Waals surface area contributed by atoms with Crippen molar-refractivity contribution in [2.45, 2.75) is 32.8 Å². The van der Waals surface area contributed by atoms with Crippen LogP contribution in [0.4, 0.5) is 9.18 Å². The van der Waals surface area contributed by atoms with Gasteiger partial charge in [-0.3, -0.25) is 4.98 Å². The lowest BCUT2D eigenvalue weighted by atomic mass is 10.2. The Morgan fingerprint density at radius 1 is 1.53 bits per heavy atom. The normalized spacial score (nSPS) is 11.6. The molecule has 4 nitrogen and oxygen atoms in total. The molecule has 0 saturated carbocycles. The lowest BCUT2D eigenvalue weighted by molar-refractivity contribution is 0.0529. The van der Waals surface area contributed by atoms with Crippen LogP contribution in [-0.4, -0.2) is 23.2 Å². The summed E-state index contributed by atoms with van der Waals surface area (Å²) in [4.78, 5) is 15.0. The Kier molecular flexibility index (Phi) is 5.48. The highest BCUT2D eigenvalue weighted by Crippen LogP contribution is 2.07. The van der Waals surface area contributed by atoms with Gasteiger partial charge in [-0.1, -0.05) is 12.2 Å². The summed E-state index contributed by atoms with van der Waals surface area (Å²) in [5, 5.41) is 2.62. The van der Waals surface area contributed by atoms with E-state index in [-0.39, 0.29) is 5.82 Å². The van der Waals surface area contributed by atoms with Gasteiger partial charge in [-0.05, 0) is 33.3 Å². The zero-order chi connectivity index (χ0) is 14.3. The molecule has 0 spiro atoms. The van der Waals surface area contributed by atoms with E-state index in [2.05, 4.69) is 10.3 Å². The lowest BCUT2D eigenvalue weighted by Gasteiger charge is -2.19. The maximum absolute atomic E-state index is 13.2. The molecule has 0 atom stereocenters. The highest BCUT2D eigenvalue weighted by molar-refractivity contribution is 5.67. The zero-order valence-corrected chi connectivity index (χ0v) is 11.4. The summed E-state index contributed by atoms with van der Waals surface area (Å²) >= 11 is 0. The quantitative estimate of drug-likeness (QED) is 0.852. The summed E-state index contributed by atoms with van der Waals surface area (Å²) in [5.41, 5.74) is -0.0210. The molecule has 1 amide bonds. The molecule has 1 aromatic rings. The fourth-order valence-corrected chi connectivity index (χ4v) is 1.30. The van der Waals surface area contributed by atoms with E-state index in [1.807, 2.05) is 0 Å². The fraction of sp³-hybridized carbons (Fsp3) is 0.429. The second-order valence-electron chi connectivity index (χ2n) is 5.02. The van der Waals surface area contributed by atoms with Crippen LogP contribution in [0.1, 0.15) is 32.8 Å². The summed E-state index contributed by atoms with van der Waals surface area (Å²) in [7, 11) is 0. The van der Waals surface area contributed by atoms with Crippen LogP contribution in [0, 0.1) is 5.82 Å². The highest BCUT2D eigenvalue weighted by Gasteiger charge is 2.15. The van der Waals surface area contributed by atoms with Crippen LogP contribution in [0.15, 0.2) is 24.5 Å². The number of ether oxygens (including phenoxy) is 1. The number of nitrogens with zero attached hydrogens (tertiary/aromatic N) is 1. The third kappa shape index (κ3) is 6.55. The second-order valence-corrected chi connectivity index (χ2v) is 5.02. The molecule has 19 heavy (non-hydrogen) atoms. The average molecular weight is 266 g/mol.